The van der Waals surface area contributed by atoms with E-state index in [4.69, 9.17) is 4.98 Å². The Hall–Kier alpha value is -4.73. The molecule has 38 heavy (non-hydrogen) atoms. The molecule has 0 aliphatic carbocycles. The molecule has 0 unspecified atom stereocenters. The van der Waals surface area contributed by atoms with E-state index in [1.54, 1.807) is 11.3 Å². The van der Waals surface area contributed by atoms with Crippen LogP contribution in [-0.2, 0) is 0 Å². The Balaban J connectivity index is 1.39. The van der Waals surface area contributed by atoms with Crippen LogP contribution in [0.1, 0.15) is 0 Å². The van der Waals surface area contributed by atoms with E-state index >= 15 is 0 Å². The van der Waals surface area contributed by atoms with Gasteiger partial charge < -0.3 is 0 Å². The SMILES string of the molecule is c1ccc(-c2ccc(N(c3ccc(-c4ccccc4)cc3)c3nccc4c3sc3ccccc34)cc2)cc1. The fraction of sp³-hybridized carbons (Fsp3) is 0. The van der Waals surface area contributed by atoms with Gasteiger partial charge in [-0.2, -0.15) is 0 Å². The van der Waals surface area contributed by atoms with Crippen LogP contribution >= 0.6 is 11.3 Å². The van der Waals surface area contributed by atoms with Crippen molar-refractivity contribution in [3.63, 3.8) is 0 Å². The molecule has 0 radical (unpaired) electrons. The van der Waals surface area contributed by atoms with Crippen LogP contribution < -0.4 is 4.90 Å². The second-order valence-corrected chi connectivity index (χ2v) is 10.3. The molecular weight excluding hydrogens is 480 g/mol. The van der Waals surface area contributed by atoms with Gasteiger partial charge in [0.1, 0.15) is 0 Å². The minimum absolute atomic E-state index is 0.948. The first-order valence-electron chi connectivity index (χ1n) is 12.7. The third kappa shape index (κ3) is 4.03. The van der Waals surface area contributed by atoms with Crippen LogP contribution in [0.4, 0.5) is 17.2 Å². The summed E-state index contributed by atoms with van der Waals surface area (Å²) in [6, 6.07) is 49.3. The van der Waals surface area contributed by atoms with E-state index in [9.17, 15) is 0 Å². The number of thiophene rings is 1. The zero-order valence-corrected chi connectivity index (χ0v) is 21.5. The molecule has 7 rings (SSSR count). The quantitative estimate of drug-likeness (QED) is 0.232. The second kappa shape index (κ2) is 9.62. The second-order valence-electron chi connectivity index (χ2n) is 9.27. The molecule has 0 aliphatic rings. The first-order chi connectivity index (χ1) is 18.8. The number of hydrogen-bond donors (Lipinski definition) is 0. The Labute approximate surface area is 226 Å². The third-order valence-electron chi connectivity index (χ3n) is 6.95. The van der Waals surface area contributed by atoms with Gasteiger partial charge in [-0.3, -0.25) is 4.90 Å². The van der Waals surface area contributed by atoms with Crippen LogP contribution in [0, 0.1) is 0 Å². The van der Waals surface area contributed by atoms with E-state index in [-0.39, 0.29) is 0 Å². The maximum absolute atomic E-state index is 4.95. The van der Waals surface area contributed by atoms with Gasteiger partial charge in [-0.25, -0.2) is 4.98 Å². The van der Waals surface area contributed by atoms with Gasteiger partial charge in [0, 0.05) is 33.0 Å². The number of anilines is 3. The lowest BCUT2D eigenvalue weighted by molar-refractivity contribution is 1.20. The van der Waals surface area contributed by atoms with Gasteiger partial charge in [-0.1, -0.05) is 103 Å². The minimum atomic E-state index is 0.948. The number of aromatic nitrogens is 1. The van der Waals surface area contributed by atoms with E-state index in [0.717, 1.165) is 17.2 Å². The highest BCUT2D eigenvalue weighted by molar-refractivity contribution is 7.26. The fourth-order valence-corrected chi connectivity index (χ4v) is 6.24. The molecule has 2 nitrogen and oxygen atoms in total. The first-order valence-corrected chi connectivity index (χ1v) is 13.5. The molecule has 0 amide bonds. The maximum Gasteiger partial charge on any atom is 0.155 e. The zero-order chi connectivity index (χ0) is 25.3. The third-order valence-corrected chi connectivity index (χ3v) is 8.13. The Morgan fingerprint density at radius 1 is 0.447 bits per heavy atom. The van der Waals surface area contributed by atoms with Gasteiger partial charge in [0.25, 0.3) is 0 Å². The van der Waals surface area contributed by atoms with E-state index in [1.165, 1.54) is 42.4 Å². The summed E-state index contributed by atoms with van der Waals surface area (Å²) in [7, 11) is 0. The molecular formula is C35H24N2S. The number of rotatable bonds is 5. The van der Waals surface area contributed by atoms with Gasteiger partial charge in [-0.05, 0) is 58.7 Å². The number of hydrogen-bond acceptors (Lipinski definition) is 3. The van der Waals surface area contributed by atoms with Crippen LogP contribution in [-0.4, -0.2) is 4.98 Å². The van der Waals surface area contributed by atoms with Gasteiger partial charge in [-0.15, -0.1) is 11.3 Å². The van der Waals surface area contributed by atoms with E-state index in [1.807, 2.05) is 6.20 Å². The molecule has 3 heteroatoms. The lowest BCUT2D eigenvalue weighted by Gasteiger charge is -2.25. The zero-order valence-electron chi connectivity index (χ0n) is 20.7. The Morgan fingerprint density at radius 3 is 1.53 bits per heavy atom. The molecule has 2 aromatic heterocycles. The van der Waals surface area contributed by atoms with E-state index in [2.05, 4.69) is 144 Å². The van der Waals surface area contributed by atoms with Crippen molar-refractivity contribution in [2.24, 2.45) is 0 Å². The average Bonchev–Trinajstić information content (AvgIpc) is 3.39. The molecule has 0 atom stereocenters. The smallest absolute Gasteiger partial charge is 0.155 e. The van der Waals surface area contributed by atoms with Gasteiger partial charge in [0.2, 0.25) is 0 Å². The Kier molecular flexibility index (Phi) is 5.69. The fourth-order valence-electron chi connectivity index (χ4n) is 5.06. The molecule has 180 valence electrons. The van der Waals surface area contributed by atoms with Crippen LogP contribution in [0.25, 0.3) is 42.4 Å². The molecule has 0 spiro atoms. The molecule has 0 bridgehead atoms. The number of nitrogens with zero attached hydrogens (tertiary/aromatic N) is 2. The van der Waals surface area contributed by atoms with Crippen LogP contribution in [0.15, 0.2) is 146 Å². The normalized spacial score (nSPS) is 11.2. The largest absolute Gasteiger partial charge is 0.294 e. The van der Waals surface area contributed by atoms with Gasteiger partial charge in [0.05, 0.1) is 4.70 Å². The molecule has 5 aromatic carbocycles. The minimum Gasteiger partial charge on any atom is -0.294 e. The lowest BCUT2D eigenvalue weighted by Crippen LogP contribution is -2.11. The summed E-state index contributed by atoms with van der Waals surface area (Å²) in [5.74, 6) is 0.948. The molecule has 0 saturated carbocycles. The van der Waals surface area contributed by atoms with Crippen molar-refractivity contribution in [3.05, 3.63) is 146 Å². The molecule has 0 saturated heterocycles. The van der Waals surface area contributed by atoms with Crippen molar-refractivity contribution >= 4 is 48.7 Å². The number of pyridine rings is 1. The number of benzene rings is 5. The van der Waals surface area contributed by atoms with E-state index < -0.39 is 0 Å². The standard InChI is InChI=1S/C35H24N2S/c1-3-9-25(10-4-1)27-15-19-29(20-16-27)37(30-21-17-28(18-22-30)26-11-5-2-6-12-26)35-34-32(23-24-36-35)31-13-7-8-14-33(31)38-34/h1-24H. The van der Waals surface area contributed by atoms with Crippen molar-refractivity contribution in [2.75, 3.05) is 4.90 Å². The summed E-state index contributed by atoms with van der Waals surface area (Å²) >= 11 is 1.80. The Bertz CT molecular complexity index is 1760. The van der Waals surface area contributed by atoms with Crippen molar-refractivity contribution in [2.45, 2.75) is 0 Å². The predicted octanol–water partition coefficient (Wildman–Crippen LogP) is 10.3. The summed E-state index contributed by atoms with van der Waals surface area (Å²) in [5.41, 5.74) is 6.97. The van der Waals surface area contributed by atoms with Crippen LogP contribution in [0.5, 0.6) is 0 Å². The van der Waals surface area contributed by atoms with Crippen molar-refractivity contribution < 1.29 is 0 Å². The highest BCUT2D eigenvalue weighted by Crippen LogP contribution is 2.43. The highest BCUT2D eigenvalue weighted by atomic mass is 32.1. The molecule has 0 N–H and O–H groups in total. The summed E-state index contributed by atoms with van der Waals surface area (Å²) in [6.45, 7) is 0. The molecule has 7 aromatic rings. The summed E-state index contributed by atoms with van der Waals surface area (Å²) < 4.78 is 2.46. The lowest BCUT2D eigenvalue weighted by atomic mass is 10.0. The van der Waals surface area contributed by atoms with Crippen molar-refractivity contribution in [3.8, 4) is 22.3 Å². The van der Waals surface area contributed by atoms with Crippen LogP contribution in [0.3, 0.4) is 0 Å². The van der Waals surface area contributed by atoms with E-state index in [0.29, 0.717) is 0 Å². The Morgan fingerprint density at radius 2 is 0.947 bits per heavy atom. The molecule has 2 heterocycles. The van der Waals surface area contributed by atoms with Crippen molar-refractivity contribution in [1.82, 2.24) is 4.98 Å². The number of fused-ring (bicyclic) bond motifs is 3. The molecule has 0 aliphatic heterocycles. The monoisotopic (exact) mass is 504 g/mol. The highest BCUT2D eigenvalue weighted by Gasteiger charge is 2.19. The van der Waals surface area contributed by atoms with Gasteiger partial charge in [0.15, 0.2) is 5.82 Å². The average molecular weight is 505 g/mol. The summed E-state index contributed by atoms with van der Waals surface area (Å²) in [6.07, 6.45) is 1.93. The summed E-state index contributed by atoms with van der Waals surface area (Å²) in [4.78, 5) is 7.23. The summed E-state index contributed by atoms with van der Waals surface area (Å²) in [5, 5.41) is 2.51. The van der Waals surface area contributed by atoms with Crippen molar-refractivity contribution in [1.29, 1.82) is 0 Å². The van der Waals surface area contributed by atoms with Gasteiger partial charge >= 0.3 is 0 Å². The predicted molar refractivity (Wildman–Crippen MR) is 163 cm³/mol. The first kappa shape index (κ1) is 22.5. The maximum atomic E-state index is 4.95. The van der Waals surface area contributed by atoms with Crippen LogP contribution in [0.2, 0.25) is 0 Å². The topological polar surface area (TPSA) is 16.1 Å². The molecule has 0 fully saturated rings.